The number of carbonyl (C=O) groups is 1. The smallest absolute Gasteiger partial charge is 0.258 e. The lowest BCUT2D eigenvalue weighted by Gasteiger charge is -2.34. The van der Waals surface area contributed by atoms with Gasteiger partial charge in [-0.05, 0) is 26.0 Å². The van der Waals surface area contributed by atoms with Gasteiger partial charge in [-0.15, -0.1) is 21.5 Å². The van der Waals surface area contributed by atoms with Crippen molar-refractivity contribution in [1.82, 2.24) is 33.9 Å². The minimum Gasteiger partial charge on any atom is -0.339 e. The normalized spacial score (nSPS) is 14.7. The molecule has 11 heteroatoms. The van der Waals surface area contributed by atoms with Crippen molar-refractivity contribution >= 4 is 34.0 Å². The van der Waals surface area contributed by atoms with Gasteiger partial charge in [-0.3, -0.25) is 23.5 Å². The second-order valence-corrected chi connectivity index (χ2v) is 10.1. The molecule has 1 fully saturated rings. The zero-order valence-corrected chi connectivity index (χ0v) is 20.7. The number of aromatic nitrogens is 5. The van der Waals surface area contributed by atoms with Gasteiger partial charge in [0.1, 0.15) is 5.82 Å². The molecule has 1 saturated heterocycles. The molecule has 1 aromatic carbocycles. The van der Waals surface area contributed by atoms with Crippen molar-refractivity contribution in [3.63, 3.8) is 0 Å². The Hall–Kier alpha value is -3.02. The first-order valence-corrected chi connectivity index (χ1v) is 12.9. The van der Waals surface area contributed by atoms with Crippen molar-refractivity contribution in [1.29, 1.82) is 0 Å². The molecule has 1 amide bonds. The predicted octanol–water partition coefficient (Wildman–Crippen LogP) is 2.39. The lowest BCUT2D eigenvalue weighted by molar-refractivity contribution is -0.130. The Kier molecular flexibility index (Phi) is 6.48. The van der Waals surface area contributed by atoms with Gasteiger partial charge in [0, 0.05) is 56.1 Å². The summed E-state index contributed by atoms with van der Waals surface area (Å²) in [7, 11) is 0. The van der Waals surface area contributed by atoms with Crippen LogP contribution in [0, 0.1) is 13.8 Å². The summed E-state index contributed by atoms with van der Waals surface area (Å²) in [4.78, 5) is 34.5. The van der Waals surface area contributed by atoms with Crippen LogP contribution in [0.3, 0.4) is 0 Å². The summed E-state index contributed by atoms with van der Waals surface area (Å²) < 4.78 is 3.54. The van der Waals surface area contributed by atoms with Crippen LogP contribution in [0.25, 0.3) is 10.6 Å². The third-order valence-corrected chi connectivity index (χ3v) is 7.55. The Balaban J connectivity index is 1.16. The highest BCUT2D eigenvalue weighted by Gasteiger charge is 2.23. The van der Waals surface area contributed by atoms with Gasteiger partial charge in [-0.25, -0.2) is 4.98 Å². The number of benzene rings is 1. The fourth-order valence-electron chi connectivity index (χ4n) is 4.00. The lowest BCUT2D eigenvalue weighted by atomic mass is 10.2. The summed E-state index contributed by atoms with van der Waals surface area (Å²) in [5, 5.41) is 11.1. The van der Waals surface area contributed by atoms with Gasteiger partial charge in [0.25, 0.3) is 5.56 Å². The highest BCUT2D eigenvalue weighted by atomic mass is 32.2. The summed E-state index contributed by atoms with van der Waals surface area (Å²) in [6.07, 6.45) is 1.74. The Bertz CT molecular complexity index is 1370. The largest absolute Gasteiger partial charge is 0.339 e. The predicted molar refractivity (Wildman–Crippen MR) is 133 cm³/mol. The van der Waals surface area contributed by atoms with Crippen molar-refractivity contribution in [2.24, 2.45) is 0 Å². The lowest BCUT2D eigenvalue weighted by Crippen LogP contribution is -2.49. The van der Waals surface area contributed by atoms with E-state index in [-0.39, 0.29) is 11.5 Å². The molecule has 4 heterocycles. The number of amides is 1. The van der Waals surface area contributed by atoms with E-state index in [0.717, 1.165) is 35.5 Å². The first-order valence-electron chi connectivity index (χ1n) is 11.1. The number of fused-ring (bicyclic) bond motifs is 1. The molecule has 34 heavy (non-hydrogen) atoms. The van der Waals surface area contributed by atoms with Gasteiger partial charge < -0.3 is 4.90 Å². The first-order chi connectivity index (χ1) is 16.5. The van der Waals surface area contributed by atoms with Crippen LogP contribution < -0.4 is 5.56 Å². The van der Waals surface area contributed by atoms with Gasteiger partial charge in [0.05, 0.1) is 11.4 Å². The monoisotopic (exact) mass is 495 g/mol. The number of aryl methyl sites for hydroxylation is 2. The van der Waals surface area contributed by atoms with Crippen LogP contribution in [0.4, 0.5) is 0 Å². The van der Waals surface area contributed by atoms with E-state index >= 15 is 0 Å². The molecule has 9 nitrogen and oxygen atoms in total. The first kappa shape index (κ1) is 22.8. The Morgan fingerprint density at radius 3 is 2.62 bits per heavy atom. The van der Waals surface area contributed by atoms with Crippen LogP contribution in [0.5, 0.6) is 0 Å². The van der Waals surface area contributed by atoms with Crippen molar-refractivity contribution in [2.45, 2.75) is 25.5 Å². The molecule has 0 atom stereocenters. The summed E-state index contributed by atoms with van der Waals surface area (Å²) in [5.74, 6) is 1.20. The summed E-state index contributed by atoms with van der Waals surface area (Å²) in [5.41, 5.74) is 2.90. The van der Waals surface area contributed by atoms with E-state index in [0.29, 0.717) is 30.3 Å². The quantitative estimate of drug-likeness (QED) is 0.380. The van der Waals surface area contributed by atoms with Gasteiger partial charge in [-0.1, -0.05) is 29.5 Å². The number of hydrogen-bond acceptors (Lipinski definition) is 8. The van der Waals surface area contributed by atoms with Crippen molar-refractivity contribution in [3.8, 4) is 5.69 Å². The van der Waals surface area contributed by atoms with Crippen molar-refractivity contribution in [2.75, 3.05) is 31.9 Å². The number of thioether (sulfide) groups is 1. The van der Waals surface area contributed by atoms with Gasteiger partial charge >= 0.3 is 0 Å². The molecular weight excluding hydrogens is 470 g/mol. The summed E-state index contributed by atoms with van der Waals surface area (Å²) >= 11 is 2.87. The van der Waals surface area contributed by atoms with E-state index < -0.39 is 0 Å². The second-order valence-electron chi connectivity index (χ2n) is 8.29. The third-order valence-electron chi connectivity index (χ3n) is 5.88. The fourth-order valence-corrected chi connectivity index (χ4v) is 5.64. The molecule has 0 aliphatic carbocycles. The molecule has 0 unspecified atom stereocenters. The maximum Gasteiger partial charge on any atom is 0.258 e. The second kappa shape index (κ2) is 9.69. The highest BCUT2D eigenvalue weighted by Crippen LogP contribution is 2.23. The molecule has 5 rings (SSSR count). The van der Waals surface area contributed by atoms with E-state index in [1.165, 1.54) is 28.7 Å². The number of nitrogens with zero attached hydrogens (tertiary/aromatic N) is 7. The van der Waals surface area contributed by atoms with E-state index in [4.69, 9.17) is 0 Å². The molecule has 1 aliphatic heterocycles. The zero-order chi connectivity index (χ0) is 23.7. The fraction of sp³-hybridized carbons (Fsp3) is 0.348. The molecule has 1 aliphatic rings. The van der Waals surface area contributed by atoms with Crippen LogP contribution in [-0.4, -0.2) is 71.8 Å². The van der Waals surface area contributed by atoms with Gasteiger partial charge in [-0.2, -0.15) is 0 Å². The average Bonchev–Trinajstić information content (AvgIpc) is 3.45. The Morgan fingerprint density at radius 2 is 1.85 bits per heavy atom. The number of rotatable bonds is 6. The SMILES string of the molecule is Cc1ccc(-n2c(C)nnc2SCC(=O)N2CCN(Cc3cc(=O)n4ccsc4n3)CC2)cc1. The van der Waals surface area contributed by atoms with Crippen LogP contribution in [0.1, 0.15) is 17.1 Å². The molecule has 3 aromatic heterocycles. The van der Waals surface area contributed by atoms with Crippen LogP contribution in [0.2, 0.25) is 0 Å². The summed E-state index contributed by atoms with van der Waals surface area (Å²) in [6.45, 7) is 7.39. The van der Waals surface area contributed by atoms with E-state index in [1.807, 2.05) is 33.9 Å². The minimum atomic E-state index is -0.0548. The molecular formula is C23H25N7O2S2. The molecule has 0 saturated carbocycles. The molecule has 4 aromatic rings. The number of hydrogen-bond donors (Lipinski definition) is 0. The maximum absolute atomic E-state index is 12.9. The Morgan fingerprint density at radius 1 is 1.09 bits per heavy atom. The minimum absolute atomic E-state index is 0.0548. The highest BCUT2D eigenvalue weighted by molar-refractivity contribution is 7.99. The van der Waals surface area contributed by atoms with Gasteiger partial charge in [0.15, 0.2) is 10.1 Å². The molecule has 0 spiro atoms. The molecule has 176 valence electrons. The topological polar surface area (TPSA) is 88.6 Å². The molecule has 0 bridgehead atoms. The zero-order valence-electron chi connectivity index (χ0n) is 19.0. The standard InChI is InChI=1S/C23H25N7O2S2/c1-16-3-5-19(6-4-16)30-17(2)25-26-23(30)34-15-21(32)28-9-7-27(8-10-28)14-18-13-20(31)29-11-12-33-22(29)24-18/h3-6,11-13H,7-10,14-15H2,1-2H3. The van der Waals surface area contributed by atoms with E-state index in [9.17, 15) is 9.59 Å². The van der Waals surface area contributed by atoms with Crippen LogP contribution in [0.15, 0.2) is 51.9 Å². The van der Waals surface area contributed by atoms with E-state index in [1.54, 1.807) is 16.7 Å². The number of thiazole rings is 1. The van der Waals surface area contributed by atoms with Gasteiger partial charge in [0.2, 0.25) is 5.91 Å². The molecule has 0 N–H and O–H groups in total. The maximum atomic E-state index is 12.9. The van der Waals surface area contributed by atoms with Crippen LogP contribution >= 0.6 is 23.1 Å². The molecule has 0 radical (unpaired) electrons. The number of carbonyl (C=O) groups excluding carboxylic acids is 1. The van der Waals surface area contributed by atoms with Crippen molar-refractivity contribution < 1.29 is 4.79 Å². The average molecular weight is 496 g/mol. The van der Waals surface area contributed by atoms with Crippen LogP contribution in [-0.2, 0) is 11.3 Å². The van der Waals surface area contributed by atoms with E-state index in [2.05, 4.69) is 39.1 Å². The Labute approximate surface area is 205 Å². The van der Waals surface area contributed by atoms with Crippen molar-refractivity contribution in [3.05, 3.63) is 69.3 Å². The third kappa shape index (κ3) is 4.77. The summed E-state index contributed by atoms with van der Waals surface area (Å²) in [6, 6.07) is 9.78. The number of piperazine rings is 1.